The highest BCUT2D eigenvalue weighted by atomic mass is 16.6. The SMILES string of the molecule is CCC1(O)C[C@H]2CN(CCc3c([nH]c4ccccc34)[C@@](C)(c3cc4c(cc3C)N(C=O)[C@H]3[C@@](O)(C(=O)OC)[C@H](OC(C)=O)[C@]5(CC)C=CCN6CC[C@]43[C@@H]65)C2)C1. The first-order chi connectivity index (χ1) is 26.7. The summed E-state index contributed by atoms with van der Waals surface area (Å²) in [6.45, 7) is 13.6. The molecule has 298 valence electrons. The summed E-state index contributed by atoms with van der Waals surface area (Å²) < 4.78 is 11.5. The van der Waals surface area contributed by atoms with Crippen LogP contribution in [0.2, 0.25) is 0 Å². The van der Waals surface area contributed by atoms with Gasteiger partial charge in [0.1, 0.15) is 0 Å². The van der Waals surface area contributed by atoms with Gasteiger partial charge in [-0.15, -0.1) is 0 Å². The third-order valence-corrected chi connectivity index (χ3v) is 15.4. The Morgan fingerprint density at radius 3 is 2.55 bits per heavy atom. The maximum Gasteiger partial charge on any atom is 0.344 e. The summed E-state index contributed by atoms with van der Waals surface area (Å²) in [5.74, 6) is -1.33. The van der Waals surface area contributed by atoms with Crippen molar-refractivity contribution in [3.8, 4) is 0 Å². The van der Waals surface area contributed by atoms with Crippen molar-refractivity contribution in [1.29, 1.82) is 0 Å². The number of piperidine rings is 1. The number of aliphatic hydroxyl groups is 2. The van der Waals surface area contributed by atoms with Crippen LogP contribution in [0.5, 0.6) is 0 Å². The topological polar surface area (TPSA) is 136 Å². The lowest BCUT2D eigenvalue weighted by Crippen LogP contribution is -2.81. The molecule has 2 aromatic carbocycles. The van der Waals surface area contributed by atoms with Crippen molar-refractivity contribution in [3.05, 3.63) is 76.5 Å². The van der Waals surface area contributed by atoms with E-state index in [4.69, 9.17) is 9.47 Å². The molecule has 6 aliphatic rings. The molecule has 1 saturated carbocycles. The zero-order chi connectivity index (χ0) is 39.6. The Morgan fingerprint density at radius 2 is 1.84 bits per heavy atom. The van der Waals surface area contributed by atoms with Gasteiger partial charge in [0.15, 0.2) is 6.10 Å². The van der Waals surface area contributed by atoms with Crippen LogP contribution in [0.25, 0.3) is 10.9 Å². The fourth-order valence-electron chi connectivity index (χ4n) is 13.4. The van der Waals surface area contributed by atoms with Crippen molar-refractivity contribution < 1.29 is 34.1 Å². The summed E-state index contributed by atoms with van der Waals surface area (Å²) in [6, 6.07) is 11.5. The van der Waals surface area contributed by atoms with Crippen LogP contribution in [-0.2, 0) is 41.1 Å². The second-order valence-electron chi connectivity index (χ2n) is 18.2. The minimum absolute atomic E-state index is 0.211. The highest BCUT2D eigenvalue weighted by Crippen LogP contribution is 2.68. The molecule has 1 aromatic heterocycles. The van der Waals surface area contributed by atoms with Crippen molar-refractivity contribution in [2.45, 2.75) is 113 Å². The number of para-hydroxylation sites is 1. The number of amides is 1. The summed E-state index contributed by atoms with van der Waals surface area (Å²) in [5, 5.41) is 26.3. The maximum absolute atomic E-state index is 14.3. The van der Waals surface area contributed by atoms with E-state index in [1.165, 1.54) is 30.7 Å². The summed E-state index contributed by atoms with van der Waals surface area (Å²) >= 11 is 0. The van der Waals surface area contributed by atoms with Crippen molar-refractivity contribution in [1.82, 2.24) is 14.8 Å². The van der Waals surface area contributed by atoms with Crippen LogP contribution in [0, 0.1) is 18.3 Å². The molecule has 3 N–H and O–H groups in total. The number of esters is 2. The Kier molecular flexibility index (Phi) is 8.54. The predicted molar refractivity (Wildman–Crippen MR) is 212 cm³/mol. The van der Waals surface area contributed by atoms with E-state index in [-0.39, 0.29) is 12.0 Å². The van der Waals surface area contributed by atoms with E-state index < -0.39 is 51.5 Å². The molecule has 1 aliphatic carbocycles. The Labute approximate surface area is 329 Å². The molecule has 11 heteroatoms. The lowest BCUT2D eigenvalue weighted by atomic mass is 9.47. The lowest BCUT2D eigenvalue weighted by molar-refractivity contribution is -0.228. The van der Waals surface area contributed by atoms with Gasteiger partial charge in [-0.2, -0.15) is 0 Å². The number of carbonyl (C=O) groups excluding carboxylic acids is 3. The fourth-order valence-corrected chi connectivity index (χ4v) is 13.4. The van der Waals surface area contributed by atoms with Gasteiger partial charge in [0.2, 0.25) is 12.0 Å². The first-order valence-corrected chi connectivity index (χ1v) is 20.6. The largest absolute Gasteiger partial charge is 0.467 e. The van der Waals surface area contributed by atoms with Gasteiger partial charge in [-0.1, -0.05) is 50.3 Å². The summed E-state index contributed by atoms with van der Waals surface area (Å²) in [5.41, 5.74) is 1.69. The molecule has 6 heterocycles. The number of anilines is 1. The van der Waals surface area contributed by atoms with Gasteiger partial charge in [-0.25, -0.2) is 4.79 Å². The Bertz CT molecular complexity index is 2170. The molecular formula is C45H56N4O7. The quantitative estimate of drug-likeness (QED) is 0.186. The van der Waals surface area contributed by atoms with Crippen molar-refractivity contribution in [2.75, 3.05) is 44.7 Å². The molecule has 3 aromatic rings. The second kappa shape index (κ2) is 12.7. The molecule has 11 nitrogen and oxygen atoms in total. The third-order valence-electron chi connectivity index (χ3n) is 15.4. The van der Waals surface area contributed by atoms with Crippen molar-refractivity contribution in [3.63, 3.8) is 0 Å². The number of H-pyrrole nitrogens is 1. The second-order valence-corrected chi connectivity index (χ2v) is 18.2. The lowest BCUT2D eigenvalue weighted by Gasteiger charge is -2.63. The highest BCUT2D eigenvalue weighted by molar-refractivity contribution is 5.93. The van der Waals surface area contributed by atoms with Crippen LogP contribution in [0.1, 0.15) is 87.7 Å². The summed E-state index contributed by atoms with van der Waals surface area (Å²) in [4.78, 5) is 51.1. The molecule has 1 spiro atoms. The molecule has 1 amide bonds. The number of aromatic amines is 1. The number of rotatable bonds is 6. The van der Waals surface area contributed by atoms with Crippen LogP contribution >= 0.6 is 0 Å². The minimum atomic E-state index is -2.39. The molecular weight excluding hydrogens is 709 g/mol. The normalized spacial score (nSPS) is 38.4. The average molecular weight is 765 g/mol. The number of hydrogen-bond donors (Lipinski definition) is 3. The number of ether oxygens (including phenoxy) is 2. The van der Waals surface area contributed by atoms with Gasteiger partial charge < -0.3 is 29.6 Å². The number of hydrogen-bond acceptors (Lipinski definition) is 9. The first kappa shape index (κ1) is 37.5. The zero-order valence-electron chi connectivity index (χ0n) is 33.6. The third kappa shape index (κ3) is 4.80. The van der Waals surface area contributed by atoms with E-state index in [0.29, 0.717) is 51.0 Å². The van der Waals surface area contributed by atoms with E-state index in [1.54, 1.807) is 4.90 Å². The summed E-state index contributed by atoms with van der Waals surface area (Å²) in [6.07, 6.45) is 7.61. The van der Waals surface area contributed by atoms with E-state index in [9.17, 15) is 24.6 Å². The molecule has 2 bridgehead atoms. The van der Waals surface area contributed by atoms with Gasteiger partial charge in [0.25, 0.3) is 0 Å². The van der Waals surface area contributed by atoms with Gasteiger partial charge in [0, 0.05) is 77.7 Å². The predicted octanol–water partition coefficient (Wildman–Crippen LogP) is 4.66. The number of carbonyl (C=O) groups is 3. The Balaban J connectivity index is 1.32. The van der Waals surface area contributed by atoms with E-state index in [0.717, 1.165) is 54.5 Å². The minimum Gasteiger partial charge on any atom is -0.467 e. The maximum atomic E-state index is 14.3. The van der Waals surface area contributed by atoms with E-state index >= 15 is 0 Å². The Morgan fingerprint density at radius 1 is 1.05 bits per heavy atom. The number of nitrogens with one attached hydrogen (secondary N) is 1. The van der Waals surface area contributed by atoms with Crippen LogP contribution in [0.3, 0.4) is 0 Å². The number of fused-ring (bicyclic) bond motifs is 6. The van der Waals surface area contributed by atoms with Crippen molar-refractivity contribution in [2.24, 2.45) is 11.3 Å². The van der Waals surface area contributed by atoms with Crippen LogP contribution < -0.4 is 4.90 Å². The Hall–Kier alpha value is -4.03. The monoisotopic (exact) mass is 764 g/mol. The molecule has 2 saturated heterocycles. The first-order valence-electron chi connectivity index (χ1n) is 20.6. The number of benzene rings is 2. The van der Waals surface area contributed by atoms with Crippen LogP contribution in [0.15, 0.2) is 48.6 Å². The van der Waals surface area contributed by atoms with Crippen LogP contribution in [0.4, 0.5) is 5.69 Å². The number of aromatic nitrogens is 1. The smallest absolute Gasteiger partial charge is 0.344 e. The van der Waals surface area contributed by atoms with Gasteiger partial charge in [-0.05, 0) is 99.2 Å². The van der Waals surface area contributed by atoms with E-state index in [2.05, 4.69) is 84.1 Å². The highest BCUT2D eigenvalue weighted by Gasteiger charge is 2.80. The number of aryl methyl sites for hydroxylation is 1. The van der Waals surface area contributed by atoms with Crippen LogP contribution in [-0.4, -0.2) is 113 Å². The van der Waals surface area contributed by atoms with Gasteiger partial charge in [0.05, 0.1) is 18.8 Å². The molecule has 3 fully saturated rings. The van der Waals surface area contributed by atoms with Crippen molar-refractivity contribution >= 4 is 34.9 Å². The number of methoxy groups -OCH3 is 1. The summed E-state index contributed by atoms with van der Waals surface area (Å²) in [7, 11) is 1.23. The zero-order valence-corrected chi connectivity index (χ0v) is 33.6. The molecule has 9 rings (SSSR count). The molecule has 5 aliphatic heterocycles. The molecule has 2 unspecified atom stereocenters. The molecule has 56 heavy (non-hydrogen) atoms. The van der Waals surface area contributed by atoms with Gasteiger partial charge in [-0.3, -0.25) is 19.4 Å². The molecule has 0 radical (unpaired) electrons. The number of nitrogens with zero attached hydrogens (tertiary/aromatic N) is 3. The van der Waals surface area contributed by atoms with Gasteiger partial charge >= 0.3 is 11.9 Å². The average Bonchev–Trinajstić information content (AvgIpc) is 3.85. The fraction of sp³-hybridized carbons (Fsp3) is 0.578. The molecule has 10 atom stereocenters. The van der Waals surface area contributed by atoms with E-state index in [1.807, 2.05) is 6.92 Å². The standard InChI is InChI=1S/C45H56N4O7/c1-7-42(53)23-29-22-41(5,36-31(14-18-47(24-29)25-42)30-12-9-10-13-34(30)46-36)32-21-33-35(20-27(32)3)49(26-50)38-44(33)16-19-48-17-11-15-43(8-2,37(44)48)39(56-28(4)51)45(38,54)40(52)55-6/h9-13,15,20-21,26,29,37-39,46,53-54H,7-8,14,16-19,22-25H2,1-6H3/t29-,37-,38+,39+,41+,42?,43+,44+,45-/m0/s1.